The number of H-pyrrole nitrogens is 1. The number of carbonyl (C=O) groups excluding carboxylic acids is 1. The van der Waals surface area contributed by atoms with Gasteiger partial charge in [0.2, 0.25) is 0 Å². The molecule has 88 valence electrons. The Balaban J connectivity index is 1.93. The van der Waals surface area contributed by atoms with Gasteiger partial charge in [0.25, 0.3) is 5.91 Å². The second-order valence-corrected chi connectivity index (χ2v) is 4.66. The standard InChI is InChI=1S/C11H18N4O/c1-6(5-8-3-4-8)13-11(16)10-9(12)7(2)14-15-10/h6,8H,3-5,12H2,1-2H3,(H,13,16)(H,14,15). The number of anilines is 1. The first-order valence-corrected chi connectivity index (χ1v) is 5.69. The third-order valence-electron chi connectivity index (χ3n) is 2.97. The van der Waals surface area contributed by atoms with Gasteiger partial charge in [-0.3, -0.25) is 9.89 Å². The molecule has 5 heteroatoms. The molecule has 2 rings (SSSR count). The number of carbonyl (C=O) groups is 1. The summed E-state index contributed by atoms with van der Waals surface area (Å²) in [6.07, 6.45) is 3.64. The second-order valence-electron chi connectivity index (χ2n) is 4.66. The van der Waals surface area contributed by atoms with Crippen molar-refractivity contribution in [2.75, 3.05) is 5.73 Å². The molecule has 1 atom stereocenters. The van der Waals surface area contributed by atoms with E-state index in [0.717, 1.165) is 18.0 Å². The van der Waals surface area contributed by atoms with E-state index in [1.165, 1.54) is 12.8 Å². The number of nitrogens with two attached hydrogens (primary N) is 1. The van der Waals surface area contributed by atoms with Crippen molar-refractivity contribution in [2.24, 2.45) is 5.92 Å². The summed E-state index contributed by atoms with van der Waals surface area (Å²) in [6.45, 7) is 3.82. The van der Waals surface area contributed by atoms with Gasteiger partial charge in [-0.1, -0.05) is 12.8 Å². The van der Waals surface area contributed by atoms with Gasteiger partial charge in [0, 0.05) is 6.04 Å². The zero-order chi connectivity index (χ0) is 11.7. The Hall–Kier alpha value is -1.52. The van der Waals surface area contributed by atoms with E-state index >= 15 is 0 Å². The van der Waals surface area contributed by atoms with Crippen molar-refractivity contribution < 1.29 is 4.79 Å². The average molecular weight is 222 g/mol. The number of amides is 1. The summed E-state index contributed by atoms with van der Waals surface area (Å²) < 4.78 is 0. The lowest BCUT2D eigenvalue weighted by Crippen LogP contribution is -2.33. The molecule has 0 spiro atoms. The quantitative estimate of drug-likeness (QED) is 0.716. The molecule has 5 nitrogen and oxygen atoms in total. The van der Waals surface area contributed by atoms with Gasteiger partial charge in [0.05, 0.1) is 11.4 Å². The molecule has 1 fully saturated rings. The fourth-order valence-corrected chi connectivity index (χ4v) is 1.82. The third kappa shape index (κ3) is 2.35. The minimum Gasteiger partial charge on any atom is -0.395 e. The molecule has 4 N–H and O–H groups in total. The Morgan fingerprint density at radius 2 is 2.38 bits per heavy atom. The number of hydrogen-bond acceptors (Lipinski definition) is 3. The van der Waals surface area contributed by atoms with E-state index in [1.807, 2.05) is 6.92 Å². The SMILES string of the molecule is Cc1[nH]nc(C(=O)NC(C)CC2CC2)c1N. The number of nitrogen functional groups attached to an aromatic ring is 1. The van der Waals surface area contributed by atoms with Crippen molar-refractivity contribution in [3.63, 3.8) is 0 Å². The van der Waals surface area contributed by atoms with E-state index in [1.54, 1.807) is 6.92 Å². The second kappa shape index (κ2) is 4.15. The molecule has 16 heavy (non-hydrogen) atoms. The van der Waals surface area contributed by atoms with Crippen LogP contribution in [0.5, 0.6) is 0 Å². The number of aryl methyl sites for hydroxylation is 1. The van der Waals surface area contributed by atoms with E-state index in [2.05, 4.69) is 15.5 Å². The maximum Gasteiger partial charge on any atom is 0.274 e. The molecule has 1 aromatic rings. The first-order chi connectivity index (χ1) is 7.58. The molecule has 1 amide bonds. The molecule has 1 heterocycles. The van der Waals surface area contributed by atoms with E-state index in [9.17, 15) is 4.79 Å². The lowest BCUT2D eigenvalue weighted by molar-refractivity contribution is 0.0933. The van der Waals surface area contributed by atoms with Crippen molar-refractivity contribution >= 4 is 11.6 Å². The van der Waals surface area contributed by atoms with Gasteiger partial charge in [-0.15, -0.1) is 0 Å². The molecule has 0 aliphatic heterocycles. The van der Waals surface area contributed by atoms with Gasteiger partial charge >= 0.3 is 0 Å². The lowest BCUT2D eigenvalue weighted by atomic mass is 10.1. The first-order valence-electron chi connectivity index (χ1n) is 5.69. The van der Waals surface area contributed by atoms with Crippen LogP contribution in [-0.2, 0) is 0 Å². The Kier molecular flexibility index (Phi) is 2.85. The summed E-state index contributed by atoms with van der Waals surface area (Å²) in [4.78, 5) is 11.8. The lowest BCUT2D eigenvalue weighted by Gasteiger charge is -2.12. The van der Waals surface area contributed by atoms with E-state index in [4.69, 9.17) is 5.73 Å². The van der Waals surface area contributed by atoms with E-state index in [-0.39, 0.29) is 11.9 Å². The molecule has 0 saturated heterocycles. The molecule has 1 aromatic heterocycles. The van der Waals surface area contributed by atoms with Gasteiger partial charge < -0.3 is 11.1 Å². The normalized spacial score (nSPS) is 17.1. The number of aromatic amines is 1. The van der Waals surface area contributed by atoms with Gasteiger partial charge in [0.1, 0.15) is 0 Å². The predicted octanol–water partition coefficient (Wildman–Crippen LogP) is 1.22. The topological polar surface area (TPSA) is 83.8 Å². The Morgan fingerprint density at radius 1 is 1.69 bits per heavy atom. The minimum absolute atomic E-state index is 0.185. The summed E-state index contributed by atoms with van der Waals surface area (Å²) in [5, 5.41) is 9.53. The number of nitrogens with one attached hydrogen (secondary N) is 2. The summed E-state index contributed by atoms with van der Waals surface area (Å²) >= 11 is 0. The van der Waals surface area contributed by atoms with Crippen LogP contribution in [0.4, 0.5) is 5.69 Å². The van der Waals surface area contributed by atoms with Crippen molar-refractivity contribution in [2.45, 2.75) is 39.2 Å². The van der Waals surface area contributed by atoms with Crippen LogP contribution < -0.4 is 11.1 Å². The molecular formula is C11H18N4O. The maximum absolute atomic E-state index is 11.8. The zero-order valence-electron chi connectivity index (χ0n) is 9.71. The molecule has 1 unspecified atom stereocenters. The third-order valence-corrected chi connectivity index (χ3v) is 2.97. The van der Waals surface area contributed by atoms with Crippen LogP contribution in [0.2, 0.25) is 0 Å². The van der Waals surface area contributed by atoms with Crippen LogP contribution in [0, 0.1) is 12.8 Å². The fourth-order valence-electron chi connectivity index (χ4n) is 1.82. The predicted molar refractivity (Wildman–Crippen MR) is 62.0 cm³/mol. The Morgan fingerprint density at radius 3 is 2.88 bits per heavy atom. The van der Waals surface area contributed by atoms with Crippen molar-refractivity contribution in [3.05, 3.63) is 11.4 Å². The van der Waals surface area contributed by atoms with Gasteiger partial charge in [-0.2, -0.15) is 5.10 Å². The summed E-state index contributed by atoms with van der Waals surface area (Å²) in [7, 11) is 0. The molecule has 0 bridgehead atoms. The van der Waals surface area contributed by atoms with Crippen LogP contribution in [0.3, 0.4) is 0 Å². The number of aromatic nitrogens is 2. The zero-order valence-corrected chi connectivity index (χ0v) is 9.71. The average Bonchev–Trinajstić information content (AvgIpc) is 2.94. The number of rotatable bonds is 4. The van der Waals surface area contributed by atoms with Crippen LogP contribution >= 0.6 is 0 Å². The largest absolute Gasteiger partial charge is 0.395 e. The Bertz CT molecular complexity index is 395. The van der Waals surface area contributed by atoms with Crippen LogP contribution in [0.15, 0.2) is 0 Å². The monoisotopic (exact) mass is 222 g/mol. The molecule has 1 saturated carbocycles. The maximum atomic E-state index is 11.8. The summed E-state index contributed by atoms with van der Waals surface area (Å²) in [5.41, 5.74) is 7.22. The van der Waals surface area contributed by atoms with E-state index in [0.29, 0.717) is 11.4 Å². The highest BCUT2D eigenvalue weighted by molar-refractivity contribution is 5.97. The molecule has 1 aliphatic carbocycles. The number of hydrogen-bond donors (Lipinski definition) is 3. The van der Waals surface area contributed by atoms with Gasteiger partial charge in [-0.25, -0.2) is 0 Å². The van der Waals surface area contributed by atoms with Crippen LogP contribution in [0.25, 0.3) is 0 Å². The highest BCUT2D eigenvalue weighted by Gasteiger charge is 2.25. The van der Waals surface area contributed by atoms with Crippen molar-refractivity contribution in [1.82, 2.24) is 15.5 Å². The minimum atomic E-state index is -0.185. The summed E-state index contributed by atoms with van der Waals surface area (Å²) in [6, 6.07) is 0.191. The van der Waals surface area contributed by atoms with Crippen LogP contribution in [-0.4, -0.2) is 22.1 Å². The van der Waals surface area contributed by atoms with Crippen molar-refractivity contribution in [1.29, 1.82) is 0 Å². The molecule has 0 radical (unpaired) electrons. The van der Waals surface area contributed by atoms with Crippen molar-refractivity contribution in [3.8, 4) is 0 Å². The first kappa shape index (κ1) is 11.0. The fraction of sp³-hybridized carbons (Fsp3) is 0.636. The summed E-state index contributed by atoms with van der Waals surface area (Å²) in [5.74, 6) is 0.614. The van der Waals surface area contributed by atoms with Gasteiger partial charge in [-0.05, 0) is 26.2 Å². The molecule has 0 aromatic carbocycles. The number of nitrogens with zero attached hydrogens (tertiary/aromatic N) is 1. The van der Waals surface area contributed by atoms with E-state index < -0.39 is 0 Å². The molecular weight excluding hydrogens is 204 g/mol. The van der Waals surface area contributed by atoms with Gasteiger partial charge in [0.15, 0.2) is 5.69 Å². The highest BCUT2D eigenvalue weighted by Crippen LogP contribution is 2.33. The van der Waals surface area contributed by atoms with Crippen LogP contribution in [0.1, 0.15) is 42.4 Å². The molecule has 1 aliphatic rings. The Labute approximate surface area is 94.8 Å². The smallest absolute Gasteiger partial charge is 0.274 e. The highest BCUT2D eigenvalue weighted by atomic mass is 16.2.